The van der Waals surface area contributed by atoms with Crippen LogP contribution in [0.2, 0.25) is 0 Å². The van der Waals surface area contributed by atoms with Gasteiger partial charge in [-0.1, -0.05) is 18.2 Å². The number of hydrogen-bond acceptors (Lipinski definition) is 10. The van der Waals surface area contributed by atoms with Crippen LogP contribution in [0.25, 0.3) is 5.52 Å². The Hall–Kier alpha value is -3.13. The number of hydrogen-bond donors (Lipinski definition) is 5. The van der Waals surface area contributed by atoms with E-state index >= 15 is 0 Å². The zero-order valence-corrected chi connectivity index (χ0v) is 19.9. The van der Waals surface area contributed by atoms with Gasteiger partial charge in [0.05, 0.1) is 12.3 Å². The molecular weight excluding hydrogens is 500 g/mol. The average Bonchev–Trinajstić information content (AvgIpc) is 3.39. The molecule has 4 rings (SSSR count). The highest BCUT2D eigenvalue weighted by Crippen LogP contribution is 2.48. The number of aromatic nitrogens is 3. The highest BCUT2D eigenvalue weighted by Gasteiger charge is 2.57. The second kappa shape index (κ2) is 10.1. The number of fused-ring (bicyclic) bond motifs is 1. The third-order valence-electron chi connectivity index (χ3n) is 5.73. The van der Waals surface area contributed by atoms with Crippen LogP contribution < -0.4 is 15.3 Å². The molecule has 3 aromatic rings. The first-order chi connectivity index (χ1) is 17.1. The van der Waals surface area contributed by atoms with E-state index < -0.39 is 57.0 Å². The number of rotatable bonds is 10. The molecule has 15 heteroatoms. The standard InChI is InChI=1S/C21H25FN5O8P/c1-12(20(30)31)26-36(32,35-13-5-3-2-4-6-13)33-10-21(9-22)18(29)16(28)17(34-21)14-7-8-15-19(23)24-11-25-27(14)15/h2-8,11-12,16-18,28-29H,9-10H2,1H3,(H,26,32)(H,30,31)(H2,23,24,25)/t12-,16-,17-,18-,21+,36?/m0/s1. The van der Waals surface area contributed by atoms with Crippen molar-refractivity contribution in [1.29, 1.82) is 0 Å². The molecule has 0 amide bonds. The Balaban J connectivity index is 1.60. The van der Waals surface area contributed by atoms with Crippen LogP contribution in [0.15, 0.2) is 48.8 Å². The summed E-state index contributed by atoms with van der Waals surface area (Å²) in [4.78, 5) is 15.2. The number of halogens is 1. The van der Waals surface area contributed by atoms with Crippen LogP contribution in [0.4, 0.5) is 10.2 Å². The maximum absolute atomic E-state index is 14.4. The minimum atomic E-state index is -4.44. The lowest BCUT2D eigenvalue weighted by molar-refractivity contribution is -0.138. The molecule has 6 N–H and O–H groups in total. The van der Waals surface area contributed by atoms with Crippen LogP contribution in [-0.4, -0.2) is 73.0 Å². The molecule has 1 aliphatic rings. The summed E-state index contributed by atoms with van der Waals surface area (Å²) >= 11 is 0. The smallest absolute Gasteiger partial charge is 0.459 e. The Bertz CT molecular complexity index is 1280. The number of para-hydroxylation sites is 1. The second-order valence-corrected chi connectivity index (χ2v) is 9.93. The molecule has 1 fully saturated rings. The van der Waals surface area contributed by atoms with Gasteiger partial charge in [0.15, 0.2) is 5.82 Å². The third kappa shape index (κ3) is 4.91. The number of carbonyl (C=O) groups is 1. The third-order valence-corrected chi connectivity index (χ3v) is 7.36. The van der Waals surface area contributed by atoms with Crippen molar-refractivity contribution in [3.05, 3.63) is 54.5 Å². The van der Waals surface area contributed by atoms with E-state index in [0.717, 1.165) is 0 Å². The molecular formula is C21H25FN5O8P. The number of ether oxygens (including phenoxy) is 1. The Morgan fingerprint density at radius 2 is 2.06 bits per heavy atom. The molecule has 1 unspecified atom stereocenters. The minimum Gasteiger partial charge on any atom is -0.480 e. The highest BCUT2D eigenvalue weighted by atomic mass is 31.2. The quantitative estimate of drug-likeness (QED) is 0.237. The van der Waals surface area contributed by atoms with Gasteiger partial charge in [-0.15, -0.1) is 0 Å². The summed E-state index contributed by atoms with van der Waals surface area (Å²) in [5.41, 5.74) is 4.32. The Morgan fingerprint density at radius 1 is 1.33 bits per heavy atom. The predicted octanol–water partition coefficient (Wildman–Crippen LogP) is 1.08. The number of benzene rings is 1. The van der Waals surface area contributed by atoms with Crippen LogP contribution in [0.1, 0.15) is 18.7 Å². The van der Waals surface area contributed by atoms with Crippen LogP contribution in [0, 0.1) is 0 Å². The summed E-state index contributed by atoms with van der Waals surface area (Å²) in [7, 11) is -4.44. The maximum atomic E-state index is 14.4. The highest BCUT2D eigenvalue weighted by molar-refractivity contribution is 7.52. The van der Waals surface area contributed by atoms with Crippen molar-refractivity contribution in [2.24, 2.45) is 0 Å². The first-order valence-electron chi connectivity index (χ1n) is 10.8. The summed E-state index contributed by atoms with van der Waals surface area (Å²) in [5.74, 6) is -1.10. The molecule has 1 aromatic carbocycles. The Morgan fingerprint density at radius 3 is 2.72 bits per heavy atom. The van der Waals surface area contributed by atoms with Gasteiger partial charge in [-0.25, -0.2) is 18.5 Å². The van der Waals surface area contributed by atoms with Crippen molar-refractivity contribution in [2.45, 2.75) is 36.9 Å². The summed E-state index contributed by atoms with van der Waals surface area (Å²) < 4.78 is 45.7. The van der Waals surface area contributed by atoms with Crippen molar-refractivity contribution < 1.29 is 42.9 Å². The molecule has 0 bridgehead atoms. The summed E-state index contributed by atoms with van der Waals surface area (Å²) in [6.07, 6.45) is -3.53. The predicted molar refractivity (Wildman–Crippen MR) is 123 cm³/mol. The van der Waals surface area contributed by atoms with E-state index in [2.05, 4.69) is 15.2 Å². The molecule has 0 aliphatic carbocycles. The van der Waals surface area contributed by atoms with E-state index in [-0.39, 0.29) is 17.3 Å². The second-order valence-electron chi connectivity index (χ2n) is 8.24. The van der Waals surface area contributed by atoms with Gasteiger partial charge in [-0.3, -0.25) is 9.32 Å². The van der Waals surface area contributed by atoms with Gasteiger partial charge in [0.2, 0.25) is 0 Å². The number of carboxylic acid groups (broad SMARTS) is 1. The monoisotopic (exact) mass is 525 g/mol. The topological polar surface area (TPSA) is 191 Å². The minimum absolute atomic E-state index is 0.0861. The molecule has 13 nitrogen and oxygen atoms in total. The van der Waals surface area contributed by atoms with Gasteiger partial charge < -0.3 is 30.3 Å². The fourth-order valence-electron chi connectivity index (χ4n) is 3.76. The van der Waals surface area contributed by atoms with Crippen molar-refractivity contribution in [3.63, 3.8) is 0 Å². The van der Waals surface area contributed by atoms with Gasteiger partial charge >= 0.3 is 13.7 Å². The number of nitrogens with zero attached hydrogens (tertiary/aromatic N) is 3. The number of aliphatic carboxylic acids is 1. The number of nitrogen functional groups attached to an aromatic ring is 1. The molecule has 0 spiro atoms. The molecule has 3 heterocycles. The zero-order chi connectivity index (χ0) is 26.1. The van der Waals surface area contributed by atoms with E-state index in [9.17, 15) is 29.1 Å². The van der Waals surface area contributed by atoms with Gasteiger partial charge in [0.1, 0.15) is 54.2 Å². The first kappa shape index (κ1) is 25.9. The molecule has 0 saturated carbocycles. The summed E-state index contributed by atoms with van der Waals surface area (Å²) in [6, 6.07) is 9.50. The molecule has 1 aliphatic heterocycles. The first-order valence-corrected chi connectivity index (χ1v) is 12.3. The van der Waals surface area contributed by atoms with Crippen LogP contribution in [-0.2, 0) is 18.6 Å². The van der Waals surface area contributed by atoms with Gasteiger partial charge in [-0.05, 0) is 31.2 Å². The largest absolute Gasteiger partial charge is 0.480 e. The SMILES string of the molecule is C[C@H](NP(=O)(OC[C@@]1(CF)O[C@@H](c2ccc3c(N)ncnn23)[C@H](O)[C@@H]1O)Oc1ccccc1)C(=O)O. The number of aliphatic hydroxyl groups excluding tert-OH is 2. The number of nitrogens with one attached hydrogen (secondary N) is 1. The lowest BCUT2D eigenvalue weighted by Gasteiger charge is -2.31. The van der Waals surface area contributed by atoms with E-state index in [1.165, 1.54) is 36.0 Å². The van der Waals surface area contributed by atoms with E-state index in [1.807, 2.05) is 0 Å². The lowest BCUT2D eigenvalue weighted by atomic mass is 9.96. The molecule has 2 aromatic heterocycles. The molecule has 6 atom stereocenters. The zero-order valence-electron chi connectivity index (χ0n) is 19.0. The Kier molecular flexibility index (Phi) is 7.27. The van der Waals surface area contributed by atoms with Crippen LogP contribution >= 0.6 is 7.75 Å². The van der Waals surface area contributed by atoms with Crippen LogP contribution in [0.5, 0.6) is 5.75 Å². The van der Waals surface area contributed by atoms with Crippen LogP contribution in [0.3, 0.4) is 0 Å². The van der Waals surface area contributed by atoms with E-state index in [1.54, 1.807) is 24.3 Å². The fraction of sp³-hybridized carbons (Fsp3) is 0.381. The number of alkyl halides is 1. The average molecular weight is 525 g/mol. The summed E-state index contributed by atoms with van der Waals surface area (Å²) in [6.45, 7) is -0.992. The van der Waals surface area contributed by atoms with Crippen molar-refractivity contribution in [2.75, 3.05) is 19.0 Å². The lowest BCUT2D eigenvalue weighted by Crippen LogP contribution is -2.49. The maximum Gasteiger partial charge on any atom is 0.459 e. The number of nitrogens with two attached hydrogens (primary N) is 1. The number of anilines is 1. The van der Waals surface area contributed by atoms with Gasteiger partial charge in [-0.2, -0.15) is 10.2 Å². The molecule has 0 radical (unpaired) electrons. The van der Waals surface area contributed by atoms with Gasteiger partial charge in [0.25, 0.3) is 0 Å². The van der Waals surface area contributed by atoms with Gasteiger partial charge in [0, 0.05) is 0 Å². The number of aliphatic hydroxyl groups is 2. The van der Waals surface area contributed by atoms with Crippen molar-refractivity contribution >= 4 is 25.1 Å². The van der Waals surface area contributed by atoms with Crippen molar-refractivity contribution in [1.82, 2.24) is 19.7 Å². The molecule has 1 saturated heterocycles. The summed E-state index contributed by atoms with van der Waals surface area (Å²) in [5, 5.41) is 37.0. The molecule has 36 heavy (non-hydrogen) atoms. The van der Waals surface area contributed by atoms with E-state index in [4.69, 9.17) is 19.5 Å². The fourth-order valence-corrected chi connectivity index (χ4v) is 5.31. The normalized spacial score (nSPS) is 26.5. The van der Waals surface area contributed by atoms with E-state index in [0.29, 0.717) is 5.52 Å². The molecule has 194 valence electrons. The number of carboxylic acids is 1. The Labute approximate surface area is 204 Å². The van der Waals surface area contributed by atoms with Crippen molar-refractivity contribution in [3.8, 4) is 5.75 Å².